The van der Waals surface area contributed by atoms with Gasteiger partial charge in [0.25, 0.3) is 0 Å². The molecule has 1 aromatic rings. The van der Waals surface area contributed by atoms with E-state index in [1.807, 2.05) is 32.2 Å². The fourth-order valence-corrected chi connectivity index (χ4v) is 2.17. The molecule has 22 heavy (non-hydrogen) atoms. The van der Waals surface area contributed by atoms with Gasteiger partial charge in [-0.25, -0.2) is 0 Å². The van der Waals surface area contributed by atoms with E-state index < -0.39 is 0 Å². The first-order chi connectivity index (χ1) is 10.2. The molecule has 0 aliphatic carbocycles. The van der Waals surface area contributed by atoms with Crippen LogP contribution < -0.4 is 4.90 Å². The van der Waals surface area contributed by atoms with E-state index in [1.54, 1.807) is 0 Å². The fourth-order valence-electron chi connectivity index (χ4n) is 2.17. The quantitative estimate of drug-likeness (QED) is 0.620. The number of benzene rings is 1. The van der Waals surface area contributed by atoms with Crippen molar-refractivity contribution in [2.24, 2.45) is 0 Å². The summed E-state index contributed by atoms with van der Waals surface area (Å²) >= 11 is 0. The number of nitrogens with zero attached hydrogens (tertiary/aromatic N) is 1. The van der Waals surface area contributed by atoms with Crippen molar-refractivity contribution in [3.8, 4) is 0 Å². The maximum absolute atomic E-state index is 5.91. The van der Waals surface area contributed by atoms with Crippen molar-refractivity contribution in [2.45, 2.75) is 38.9 Å². The van der Waals surface area contributed by atoms with Crippen LogP contribution in [0.4, 0.5) is 5.69 Å². The molecule has 0 amide bonds. The van der Waals surface area contributed by atoms with Crippen molar-refractivity contribution in [3.05, 3.63) is 48.0 Å². The van der Waals surface area contributed by atoms with Crippen LogP contribution in [0.15, 0.2) is 42.4 Å². The first-order valence-electron chi connectivity index (χ1n) is 7.69. The molecule has 0 bridgehead atoms. The lowest BCUT2D eigenvalue weighted by Crippen LogP contribution is -2.41. The number of rotatable bonds is 4. The molecule has 0 spiro atoms. The third-order valence-electron chi connectivity index (χ3n) is 4.35. The minimum Gasteiger partial charge on any atom is -0.400 e. The lowest BCUT2D eigenvalue weighted by molar-refractivity contribution is 0.00578. The zero-order chi connectivity index (χ0) is 16.4. The van der Waals surface area contributed by atoms with E-state index in [1.165, 1.54) is 11.3 Å². The number of allylic oxidation sites excluding steroid dienone is 2. The normalized spacial score (nSPS) is 20.2. The first kappa shape index (κ1) is 16.8. The molecule has 0 aromatic heterocycles. The van der Waals surface area contributed by atoms with Gasteiger partial charge in [0.05, 0.1) is 11.2 Å². The molecular formula is C18H26BNO2. The molecule has 2 rings (SSSR count). The molecule has 1 aliphatic rings. The summed E-state index contributed by atoms with van der Waals surface area (Å²) in [5.41, 5.74) is 1.80. The minimum absolute atomic E-state index is 0.284. The summed E-state index contributed by atoms with van der Waals surface area (Å²) in [6.07, 6.45) is 6.05. The second-order valence-corrected chi connectivity index (χ2v) is 6.85. The maximum atomic E-state index is 5.91. The van der Waals surface area contributed by atoms with Gasteiger partial charge in [-0.3, -0.25) is 0 Å². The van der Waals surface area contributed by atoms with Gasteiger partial charge in [-0.2, -0.15) is 0 Å². The Labute approximate surface area is 134 Å². The van der Waals surface area contributed by atoms with Gasteiger partial charge in [0.15, 0.2) is 0 Å². The van der Waals surface area contributed by atoms with Crippen LogP contribution in [-0.4, -0.2) is 32.4 Å². The molecule has 0 radical (unpaired) electrons. The number of anilines is 1. The fraction of sp³-hybridized carbons (Fsp3) is 0.444. The van der Waals surface area contributed by atoms with Gasteiger partial charge in [0, 0.05) is 19.8 Å². The lowest BCUT2D eigenvalue weighted by Gasteiger charge is -2.32. The minimum atomic E-state index is -0.286. The maximum Gasteiger partial charge on any atom is 0.487 e. The van der Waals surface area contributed by atoms with E-state index in [0.29, 0.717) is 0 Å². The molecule has 0 saturated carbocycles. The summed E-state index contributed by atoms with van der Waals surface area (Å²) in [6.45, 7) is 8.23. The van der Waals surface area contributed by atoms with Gasteiger partial charge in [0.2, 0.25) is 0 Å². The summed E-state index contributed by atoms with van der Waals surface area (Å²) in [4.78, 5) is 2.09. The Hall–Kier alpha value is -1.52. The highest BCUT2D eigenvalue weighted by molar-refractivity contribution is 6.51. The van der Waals surface area contributed by atoms with E-state index in [2.05, 4.69) is 62.9 Å². The van der Waals surface area contributed by atoms with Crippen LogP contribution in [-0.2, 0) is 9.31 Å². The van der Waals surface area contributed by atoms with Gasteiger partial charge in [-0.1, -0.05) is 36.3 Å². The van der Waals surface area contributed by atoms with Crippen molar-refractivity contribution < 1.29 is 9.31 Å². The second kappa shape index (κ2) is 6.31. The lowest BCUT2D eigenvalue weighted by atomic mass is 9.90. The largest absolute Gasteiger partial charge is 0.487 e. The Morgan fingerprint density at radius 1 is 0.909 bits per heavy atom. The molecule has 1 aliphatic heterocycles. The van der Waals surface area contributed by atoms with Gasteiger partial charge in [0.1, 0.15) is 0 Å². The Balaban J connectivity index is 1.93. The Bertz CT molecular complexity index is 543. The monoisotopic (exact) mass is 299 g/mol. The predicted molar refractivity (Wildman–Crippen MR) is 95.0 cm³/mol. The van der Waals surface area contributed by atoms with E-state index in [-0.39, 0.29) is 18.3 Å². The highest BCUT2D eigenvalue weighted by atomic mass is 16.7. The zero-order valence-electron chi connectivity index (χ0n) is 14.5. The summed E-state index contributed by atoms with van der Waals surface area (Å²) < 4.78 is 11.8. The van der Waals surface area contributed by atoms with Crippen molar-refractivity contribution in [2.75, 3.05) is 19.0 Å². The van der Waals surface area contributed by atoms with Crippen LogP contribution in [0.25, 0.3) is 6.08 Å². The smallest absolute Gasteiger partial charge is 0.400 e. The van der Waals surface area contributed by atoms with Crippen molar-refractivity contribution in [1.82, 2.24) is 0 Å². The molecule has 118 valence electrons. The number of hydrogen-bond donors (Lipinski definition) is 0. The van der Waals surface area contributed by atoms with Crippen LogP contribution in [0, 0.1) is 0 Å². The molecule has 4 heteroatoms. The molecule has 1 aromatic carbocycles. The standard InChI is InChI=1S/C18H26BNO2/c1-17(2)18(3,4)22-19(21-17)14-8-7-9-15-10-12-16(13-11-15)20(5)6/h7-14H,1-6H3/b9-7+,14-8+. The molecular weight excluding hydrogens is 273 g/mol. The highest BCUT2D eigenvalue weighted by Gasteiger charge is 2.49. The van der Waals surface area contributed by atoms with Gasteiger partial charge >= 0.3 is 7.12 Å². The van der Waals surface area contributed by atoms with Crippen molar-refractivity contribution in [3.63, 3.8) is 0 Å². The molecule has 0 unspecified atom stereocenters. The SMILES string of the molecule is CN(C)c1ccc(/C=C/C=C/B2OC(C)(C)C(C)(C)O2)cc1. The first-order valence-corrected chi connectivity index (χ1v) is 7.69. The summed E-state index contributed by atoms with van der Waals surface area (Å²) in [5, 5.41) is 0. The van der Waals surface area contributed by atoms with E-state index in [9.17, 15) is 0 Å². The summed E-state index contributed by atoms with van der Waals surface area (Å²) in [6, 6.07) is 8.43. The topological polar surface area (TPSA) is 21.7 Å². The third kappa shape index (κ3) is 3.82. The molecule has 1 heterocycles. The molecule has 1 saturated heterocycles. The number of hydrogen-bond acceptors (Lipinski definition) is 3. The van der Waals surface area contributed by atoms with Crippen molar-refractivity contribution >= 4 is 18.9 Å². The average Bonchev–Trinajstić information content (AvgIpc) is 2.63. The third-order valence-corrected chi connectivity index (χ3v) is 4.35. The molecule has 1 fully saturated rings. The second-order valence-electron chi connectivity index (χ2n) is 6.85. The average molecular weight is 299 g/mol. The van der Waals surface area contributed by atoms with Crippen LogP contribution in [0.2, 0.25) is 0 Å². The summed E-state index contributed by atoms with van der Waals surface area (Å²) in [5.74, 6) is 1.95. The highest BCUT2D eigenvalue weighted by Crippen LogP contribution is 2.36. The van der Waals surface area contributed by atoms with Gasteiger partial charge in [-0.05, 0) is 45.4 Å². The van der Waals surface area contributed by atoms with Gasteiger partial charge < -0.3 is 14.2 Å². The van der Waals surface area contributed by atoms with Crippen LogP contribution >= 0.6 is 0 Å². The zero-order valence-corrected chi connectivity index (χ0v) is 14.5. The Kier molecular flexibility index (Phi) is 4.83. The predicted octanol–water partition coefficient (Wildman–Crippen LogP) is 3.95. The van der Waals surface area contributed by atoms with Crippen LogP contribution in [0.3, 0.4) is 0 Å². The van der Waals surface area contributed by atoms with Crippen LogP contribution in [0.1, 0.15) is 33.3 Å². The molecule has 3 nitrogen and oxygen atoms in total. The Morgan fingerprint density at radius 3 is 1.95 bits per heavy atom. The van der Waals surface area contributed by atoms with Gasteiger partial charge in [-0.15, -0.1) is 0 Å². The molecule has 0 atom stereocenters. The van der Waals surface area contributed by atoms with Crippen LogP contribution in [0.5, 0.6) is 0 Å². The van der Waals surface area contributed by atoms with E-state index in [4.69, 9.17) is 9.31 Å². The van der Waals surface area contributed by atoms with E-state index in [0.717, 1.165) is 0 Å². The van der Waals surface area contributed by atoms with Crippen molar-refractivity contribution in [1.29, 1.82) is 0 Å². The van der Waals surface area contributed by atoms with E-state index >= 15 is 0 Å². The molecule has 0 N–H and O–H groups in total. The summed E-state index contributed by atoms with van der Waals surface area (Å²) in [7, 11) is 3.79. The Morgan fingerprint density at radius 2 is 1.45 bits per heavy atom.